The highest BCUT2D eigenvalue weighted by molar-refractivity contribution is 6.34. The number of nitro groups is 2. The predicted molar refractivity (Wildman–Crippen MR) is 449 cm³/mol. The van der Waals surface area contributed by atoms with E-state index in [0.717, 1.165) is 73.2 Å². The molecule has 0 aliphatic carbocycles. The van der Waals surface area contributed by atoms with E-state index >= 15 is 0 Å². The van der Waals surface area contributed by atoms with E-state index in [1.165, 1.54) is 26.1 Å². The van der Waals surface area contributed by atoms with Crippen molar-refractivity contribution in [3.05, 3.63) is 327 Å². The zero-order valence-electron chi connectivity index (χ0n) is 62.5. The van der Waals surface area contributed by atoms with Crippen LogP contribution in [0.15, 0.2) is 275 Å². The second kappa shape index (κ2) is 40.6. The van der Waals surface area contributed by atoms with E-state index in [2.05, 4.69) is 72.2 Å². The molecular weight excluding hydrogens is 1560 g/mol. The van der Waals surface area contributed by atoms with Crippen molar-refractivity contribution in [2.24, 2.45) is 5.73 Å². The number of nitrogens with one attached hydrogen (secondary N) is 2. The van der Waals surface area contributed by atoms with Crippen LogP contribution in [-0.2, 0) is 19.6 Å². The summed E-state index contributed by atoms with van der Waals surface area (Å²) in [6, 6.07) is 68.2. The number of hydrogen-bond donors (Lipinski definition) is 7. The van der Waals surface area contributed by atoms with E-state index in [4.69, 9.17) is 80.5 Å². The minimum atomic E-state index is -0.551. The van der Waals surface area contributed by atoms with Crippen LogP contribution >= 0.6 is 34.8 Å². The third-order valence-corrected chi connectivity index (χ3v) is 18.5. The molecule has 0 aliphatic rings. The quantitative estimate of drug-likeness (QED) is 0.0177. The molecule has 0 spiro atoms. The number of benzene rings is 6. The van der Waals surface area contributed by atoms with Crippen molar-refractivity contribution in [3.63, 3.8) is 0 Å². The Hall–Kier alpha value is -14.0. The molecule has 0 bridgehead atoms. The molecule has 15 aromatic rings. The summed E-state index contributed by atoms with van der Waals surface area (Å²) in [6.07, 6.45) is 13.9. The van der Waals surface area contributed by atoms with E-state index in [1.807, 2.05) is 191 Å². The lowest BCUT2D eigenvalue weighted by molar-refractivity contribution is -0.390. The second-order valence-electron chi connectivity index (χ2n) is 25.2. The van der Waals surface area contributed by atoms with Crippen LogP contribution in [0.3, 0.4) is 0 Å². The Kier molecular flexibility index (Phi) is 28.6. The van der Waals surface area contributed by atoms with Gasteiger partial charge in [0.2, 0.25) is 5.75 Å². The molecule has 29 nitrogen and oxygen atoms in total. The summed E-state index contributed by atoms with van der Waals surface area (Å²) >= 11 is 19.7. The fourth-order valence-electron chi connectivity index (χ4n) is 12.2. The third-order valence-electron chi connectivity index (χ3n) is 17.5. The van der Waals surface area contributed by atoms with Crippen molar-refractivity contribution in [2.75, 3.05) is 62.9 Å². The minimum absolute atomic E-state index is 0.0120. The van der Waals surface area contributed by atoms with Crippen LogP contribution in [0, 0.1) is 20.2 Å². The molecule has 0 saturated heterocycles. The molecule has 0 aliphatic heterocycles. The maximum atomic E-state index is 11.7. The monoisotopic (exact) mass is 1630 g/mol. The third kappa shape index (κ3) is 21.4. The zero-order chi connectivity index (χ0) is 82.0. The highest BCUT2D eigenvalue weighted by Crippen LogP contribution is 2.40. The van der Waals surface area contributed by atoms with Gasteiger partial charge in [-0.3, -0.25) is 0 Å². The predicted octanol–water partition coefficient (Wildman–Crippen LogP) is 16.7. The molecule has 117 heavy (non-hydrogen) atoms. The first-order valence-electron chi connectivity index (χ1n) is 36.1. The first-order chi connectivity index (χ1) is 57.1. The van der Waals surface area contributed by atoms with Gasteiger partial charge in [0.1, 0.15) is 47.7 Å². The number of halogens is 3. The largest absolute Gasteiger partial charge is 0.489 e. The van der Waals surface area contributed by atoms with Gasteiger partial charge in [0.25, 0.3) is 0 Å². The van der Waals surface area contributed by atoms with Crippen LogP contribution in [0.25, 0.3) is 67.5 Å². The molecular formula is C85H75Cl3N18O11. The zero-order valence-corrected chi connectivity index (χ0v) is 64.8. The van der Waals surface area contributed by atoms with Gasteiger partial charge in [-0.05, 0) is 200 Å². The number of anilines is 3. The molecule has 0 amide bonds. The van der Waals surface area contributed by atoms with E-state index in [9.17, 15) is 20.2 Å². The summed E-state index contributed by atoms with van der Waals surface area (Å²) < 4.78 is 28.8. The Morgan fingerprint density at radius 3 is 1.03 bits per heavy atom. The van der Waals surface area contributed by atoms with Crippen molar-refractivity contribution in [3.8, 4) is 108 Å². The van der Waals surface area contributed by atoms with Crippen molar-refractivity contribution in [2.45, 2.75) is 19.6 Å². The molecule has 9 aromatic heterocycles. The summed E-state index contributed by atoms with van der Waals surface area (Å²) in [7, 11) is 1.38. The summed E-state index contributed by atoms with van der Waals surface area (Å²) in [6.45, 7) is 1.91. The van der Waals surface area contributed by atoms with Gasteiger partial charge < -0.3 is 90.3 Å². The number of hydrogen-bond acceptors (Lipinski definition) is 24. The number of ether oxygens (including phenoxy) is 4. The highest BCUT2D eigenvalue weighted by Gasteiger charge is 2.25. The SMILES string of the molecule is COc1ccc(Cn2c(-c3ccc(Oc4cncnc4)cc3)ccc2-c2ccccc2Cl)nc1[N+](=O)[O-].NCCO.Nc1nc(Cn2c(-c3ccc(Oc4cncnc4)cc3)ccc2-c2ccccc2Cl)ccc1NCCO.O=[N+]([O-])c1nc(Cn2c(-c3ccc(Oc4cncnc4)cc3)ccc2-c2ccccc2Cl)ccc1NCCO. The first kappa shape index (κ1) is 82.4. The Morgan fingerprint density at radius 1 is 0.393 bits per heavy atom. The van der Waals surface area contributed by atoms with Crippen LogP contribution in [0.5, 0.6) is 40.2 Å². The average molecular weight is 1630 g/mol. The number of nitrogen functional groups attached to an aromatic ring is 1. The lowest BCUT2D eigenvalue weighted by Crippen LogP contribution is -2.11. The molecule has 9 N–H and O–H groups in total. The fraction of sp³-hybridized carbons (Fsp3) is 0.118. The highest BCUT2D eigenvalue weighted by atomic mass is 35.5. The number of nitrogens with two attached hydrogens (primary N) is 2. The van der Waals surface area contributed by atoms with E-state index in [-0.39, 0.29) is 62.5 Å². The Morgan fingerprint density at radius 2 is 0.709 bits per heavy atom. The smallest absolute Gasteiger partial charge is 0.406 e. The van der Waals surface area contributed by atoms with Crippen molar-refractivity contribution >= 4 is 63.6 Å². The lowest BCUT2D eigenvalue weighted by Gasteiger charge is -2.16. The number of nitrogens with zero attached hydrogens (tertiary/aromatic N) is 14. The number of rotatable bonds is 28. The van der Waals surface area contributed by atoms with E-state index in [0.29, 0.717) is 92.1 Å². The average Bonchev–Trinajstić information content (AvgIpc) is 1.63. The normalized spacial score (nSPS) is 10.7. The van der Waals surface area contributed by atoms with Gasteiger partial charge in [-0.2, -0.15) is 0 Å². The maximum absolute atomic E-state index is 11.7. The Balaban J connectivity index is 0.000000158. The van der Waals surface area contributed by atoms with Gasteiger partial charge in [0, 0.05) is 68.5 Å². The van der Waals surface area contributed by atoms with Crippen LogP contribution < -0.4 is 41.0 Å². The van der Waals surface area contributed by atoms with E-state index in [1.54, 1.807) is 61.4 Å². The fourth-order valence-corrected chi connectivity index (χ4v) is 12.9. The molecule has 0 unspecified atom stereocenters. The van der Waals surface area contributed by atoms with Crippen molar-refractivity contribution < 1.29 is 44.1 Å². The number of aromatic nitrogens is 12. The maximum Gasteiger partial charge on any atom is 0.406 e. The summed E-state index contributed by atoms with van der Waals surface area (Å²) in [5.41, 5.74) is 24.5. The number of aliphatic hydroxyl groups is 3. The van der Waals surface area contributed by atoms with Crippen LogP contribution in [-0.4, -0.2) is 130 Å². The number of aliphatic hydroxyl groups excluding tert-OH is 3. The summed E-state index contributed by atoms with van der Waals surface area (Å²) in [4.78, 5) is 59.2. The molecule has 0 fully saturated rings. The van der Waals surface area contributed by atoms with Crippen molar-refractivity contribution in [1.29, 1.82) is 0 Å². The first-order valence-corrected chi connectivity index (χ1v) is 37.3. The topological polar surface area (TPSA) is 391 Å². The molecule has 15 rings (SSSR count). The number of methoxy groups -OCH3 is 1. The molecule has 0 saturated carbocycles. The molecule has 6 aromatic carbocycles. The molecule has 0 radical (unpaired) electrons. The standard InChI is InChI=1S/C28H23ClN6O4.C28H25ClN6O2.C27H20ClN5O4.C2H7NO/c29-24-4-2-1-3-23(24)27-12-11-26(19-5-8-21(9-6-19)39-22-15-30-18-31-16-22)34(27)17-20-7-10-25(32-13-14-36)28(33-20)35(37)38;29-24-4-2-1-3-23(24)27-12-11-26(19-5-8-21(9-6-19)37-22-15-31-18-32-16-22)35(27)17-20-7-10-25(28(30)34-20)33-13-14-36;1-36-26-13-8-19(31-27(26)33(34)35)16-32-24(11-12-25(32)22-4-2-3-5-23(22)28)18-6-9-20(10-7-18)37-21-14-29-17-30-15-21;3-1-2-4/h1-12,15-16,18,32,36H,13-14,17H2;1-12,15-16,18,33,36H,13-14,17H2,(H2,30,34);2-15,17H,16H2,1H3;4H,1-3H2. The molecule has 592 valence electrons. The van der Waals surface area contributed by atoms with Crippen LogP contribution in [0.4, 0.5) is 28.8 Å². The van der Waals surface area contributed by atoms with Crippen LogP contribution in [0.1, 0.15) is 17.1 Å². The van der Waals surface area contributed by atoms with Gasteiger partial charge in [-0.1, -0.05) is 89.4 Å². The van der Waals surface area contributed by atoms with E-state index < -0.39 is 9.85 Å². The van der Waals surface area contributed by atoms with Gasteiger partial charge >= 0.3 is 11.6 Å². The van der Waals surface area contributed by atoms with Gasteiger partial charge in [0.05, 0.1) is 112 Å². The summed E-state index contributed by atoms with van der Waals surface area (Å²) in [5, 5.41) is 56.9. The molecule has 32 heteroatoms. The lowest BCUT2D eigenvalue weighted by atomic mass is 10.1. The number of pyridine rings is 3. The Bertz CT molecular complexity index is 5800. The second-order valence-corrected chi connectivity index (χ2v) is 26.4. The van der Waals surface area contributed by atoms with Gasteiger partial charge in [0.15, 0.2) is 28.6 Å². The van der Waals surface area contributed by atoms with Gasteiger partial charge in [-0.25, -0.2) is 34.9 Å². The molecule has 9 heterocycles. The van der Waals surface area contributed by atoms with Crippen LogP contribution in [0.2, 0.25) is 15.1 Å². The summed E-state index contributed by atoms with van der Waals surface area (Å²) in [5.74, 6) is 3.42. The van der Waals surface area contributed by atoms with Crippen molar-refractivity contribution in [1.82, 2.24) is 58.6 Å². The van der Waals surface area contributed by atoms with Gasteiger partial charge in [-0.15, -0.1) is 0 Å². The Labute approximate surface area is 685 Å². The molecule has 0 atom stereocenters. The minimum Gasteiger partial charge on any atom is -0.489 e.